The molecular formula is C21H19NO4. The summed E-state index contributed by atoms with van der Waals surface area (Å²) < 4.78 is 0. The number of rotatable bonds is 4. The van der Waals surface area contributed by atoms with Gasteiger partial charge < -0.3 is 15.1 Å². The van der Waals surface area contributed by atoms with E-state index in [2.05, 4.69) is 0 Å². The zero-order valence-corrected chi connectivity index (χ0v) is 14.3. The van der Waals surface area contributed by atoms with Crippen molar-refractivity contribution in [3.63, 3.8) is 0 Å². The molecular weight excluding hydrogens is 330 g/mol. The SMILES string of the molecule is CC(O)C1C(=O)N2C(C(=O)O)=C(c3ccc(-c4ccccc4)cc3)CC12. The molecule has 26 heavy (non-hydrogen) atoms. The van der Waals surface area contributed by atoms with E-state index >= 15 is 0 Å². The van der Waals surface area contributed by atoms with Crippen molar-refractivity contribution < 1.29 is 19.8 Å². The van der Waals surface area contributed by atoms with Gasteiger partial charge in [-0.3, -0.25) is 4.79 Å². The molecule has 0 aliphatic carbocycles. The first-order valence-electron chi connectivity index (χ1n) is 8.62. The highest BCUT2D eigenvalue weighted by molar-refractivity contribution is 6.06. The maximum absolute atomic E-state index is 12.3. The molecule has 2 heterocycles. The monoisotopic (exact) mass is 349 g/mol. The Labute approximate surface area is 151 Å². The average molecular weight is 349 g/mol. The Morgan fingerprint density at radius 1 is 1.04 bits per heavy atom. The summed E-state index contributed by atoms with van der Waals surface area (Å²) in [5, 5.41) is 19.4. The summed E-state index contributed by atoms with van der Waals surface area (Å²) in [5.41, 5.74) is 3.63. The van der Waals surface area contributed by atoms with E-state index in [1.54, 1.807) is 6.92 Å². The number of aliphatic hydroxyl groups is 1. The van der Waals surface area contributed by atoms with Crippen LogP contribution in [0.5, 0.6) is 0 Å². The lowest BCUT2D eigenvalue weighted by Gasteiger charge is -2.44. The standard InChI is InChI=1S/C21H19NO4/c1-12(23)18-17-11-16(19(21(25)26)22(17)20(18)24)15-9-7-14(8-10-15)13-5-3-2-4-6-13/h2-10,12,17-18,23H,11H2,1H3,(H,25,26). The van der Waals surface area contributed by atoms with Crippen molar-refractivity contribution in [3.05, 3.63) is 65.9 Å². The number of benzene rings is 2. The zero-order chi connectivity index (χ0) is 18.4. The molecule has 2 N–H and O–H groups in total. The fourth-order valence-electron chi connectivity index (χ4n) is 4.02. The Hall–Kier alpha value is -2.92. The smallest absolute Gasteiger partial charge is 0.352 e. The fourth-order valence-corrected chi connectivity index (χ4v) is 4.02. The van der Waals surface area contributed by atoms with Gasteiger partial charge in [-0.1, -0.05) is 54.6 Å². The van der Waals surface area contributed by atoms with Crippen molar-refractivity contribution in [2.45, 2.75) is 25.5 Å². The first kappa shape index (κ1) is 16.5. The average Bonchev–Trinajstić information content (AvgIpc) is 2.97. The van der Waals surface area contributed by atoms with E-state index in [0.29, 0.717) is 12.0 Å². The molecule has 2 aliphatic heterocycles. The highest BCUT2D eigenvalue weighted by atomic mass is 16.4. The van der Waals surface area contributed by atoms with Crippen LogP contribution < -0.4 is 0 Å². The Morgan fingerprint density at radius 3 is 2.19 bits per heavy atom. The molecule has 0 bridgehead atoms. The third-order valence-corrected chi connectivity index (χ3v) is 5.27. The maximum atomic E-state index is 12.3. The van der Waals surface area contributed by atoms with Gasteiger partial charge in [0.05, 0.1) is 18.1 Å². The van der Waals surface area contributed by atoms with Crippen LogP contribution in [0, 0.1) is 5.92 Å². The zero-order valence-electron chi connectivity index (χ0n) is 14.3. The van der Waals surface area contributed by atoms with Crippen LogP contribution in [-0.4, -0.2) is 39.1 Å². The molecule has 2 aromatic rings. The molecule has 0 radical (unpaired) electrons. The van der Waals surface area contributed by atoms with Gasteiger partial charge in [0.2, 0.25) is 5.91 Å². The molecule has 2 aliphatic rings. The van der Waals surface area contributed by atoms with Crippen LogP contribution in [0.1, 0.15) is 18.9 Å². The second kappa shape index (κ2) is 6.11. The number of hydrogen-bond acceptors (Lipinski definition) is 3. The molecule has 4 rings (SSSR count). The van der Waals surface area contributed by atoms with E-state index in [1.165, 1.54) is 4.90 Å². The summed E-state index contributed by atoms with van der Waals surface area (Å²) in [5.74, 6) is -1.93. The summed E-state index contributed by atoms with van der Waals surface area (Å²) in [7, 11) is 0. The predicted molar refractivity (Wildman–Crippen MR) is 96.9 cm³/mol. The summed E-state index contributed by atoms with van der Waals surface area (Å²) in [6, 6.07) is 17.4. The number of carboxylic acid groups (broad SMARTS) is 1. The van der Waals surface area contributed by atoms with Crippen LogP contribution in [0.4, 0.5) is 0 Å². The van der Waals surface area contributed by atoms with Crippen LogP contribution in [0.25, 0.3) is 16.7 Å². The van der Waals surface area contributed by atoms with Crippen LogP contribution >= 0.6 is 0 Å². The molecule has 1 saturated heterocycles. The molecule has 1 fully saturated rings. The van der Waals surface area contributed by atoms with E-state index in [0.717, 1.165) is 16.7 Å². The number of carbonyl (C=O) groups excluding carboxylic acids is 1. The number of β-lactam (4-membered cyclic amide) rings is 1. The molecule has 0 saturated carbocycles. The molecule has 0 spiro atoms. The Morgan fingerprint density at radius 2 is 1.62 bits per heavy atom. The van der Waals surface area contributed by atoms with Crippen molar-refractivity contribution >= 4 is 17.4 Å². The second-order valence-electron chi connectivity index (χ2n) is 6.82. The number of nitrogens with zero attached hydrogens (tertiary/aromatic N) is 1. The van der Waals surface area contributed by atoms with Gasteiger partial charge in [-0.2, -0.15) is 0 Å². The third-order valence-electron chi connectivity index (χ3n) is 5.27. The van der Waals surface area contributed by atoms with Gasteiger partial charge in [0, 0.05) is 0 Å². The van der Waals surface area contributed by atoms with Gasteiger partial charge in [0.25, 0.3) is 0 Å². The van der Waals surface area contributed by atoms with Gasteiger partial charge in [-0.15, -0.1) is 0 Å². The van der Waals surface area contributed by atoms with E-state index in [-0.39, 0.29) is 17.6 Å². The quantitative estimate of drug-likeness (QED) is 0.832. The summed E-state index contributed by atoms with van der Waals surface area (Å²) in [6.45, 7) is 1.58. The fraction of sp³-hybridized carbons (Fsp3) is 0.238. The lowest BCUT2D eigenvalue weighted by molar-refractivity contribution is -0.161. The molecule has 0 aromatic heterocycles. The minimum absolute atomic E-state index is 0.0457. The van der Waals surface area contributed by atoms with Crippen LogP contribution in [0.2, 0.25) is 0 Å². The van der Waals surface area contributed by atoms with Crippen molar-refractivity contribution in [1.82, 2.24) is 4.90 Å². The van der Waals surface area contributed by atoms with Crippen molar-refractivity contribution in [1.29, 1.82) is 0 Å². The Balaban J connectivity index is 1.69. The topological polar surface area (TPSA) is 77.8 Å². The van der Waals surface area contributed by atoms with E-state index in [4.69, 9.17) is 0 Å². The predicted octanol–water partition coefficient (Wildman–Crippen LogP) is 2.76. The molecule has 3 unspecified atom stereocenters. The summed E-state index contributed by atoms with van der Waals surface area (Å²) in [4.78, 5) is 25.4. The van der Waals surface area contributed by atoms with Crippen LogP contribution in [-0.2, 0) is 9.59 Å². The number of carboxylic acids is 1. The highest BCUT2D eigenvalue weighted by Gasteiger charge is 2.56. The normalized spacial score (nSPS) is 22.8. The van der Waals surface area contributed by atoms with Crippen LogP contribution in [0.15, 0.2) is 60.3 Å². The van der Waals surface area contributed by atoms with Gasteiger partial charge in [-0.25, -0.2) is 4.79 Å². The summed E-state index contributed by atoms with van der Waals surface area (Å²) >= 11 is 0. The first-order chi connectivity index (χ1) is 12.5. The van der Waals surface area contributed by atoms with Crippen molar-refractivity contribution in [2.24, 2.45) is 5.92 Å². The lowest BCUT2D eigenvalue weighted by atomic mass is 9.82. The van der Waals surface area contributed by atoms with E-state index in [1.807, 2.05) is 54.6 Å². The highest BCUT2D eigenvalue weighted by Crippen LogP contribution is 2.47. The van der Waals surface area contributed by atoms with E-state index in [9.17, 15) is 19.8 Å². The molecule has 5 heteroatoms. The van der Waals surface area contributed by atoms with Crippen molar-refractivity contribution in [2.75, 3.05) is 0 Å². The van der Waals surface area contributed by atoms with Crippen LogP contribution in [0.3, 0.4) is 0 Å². The van der Waals surface area contributed by atoms with Gasteiger partial charge in [0.15, 0.2) is 0 Å². The maximum Gasteiger partial charge on any atom is 0.352 e. The van der Waals surface area contributed by atoms with Gasteiger partial charge in [-0.05, 0) is 35.6 Å². The molecule has 132 valence electrons. The third kappa shape index (κ3) is 2.44. The molecule has 3 atom stereocenters. The number of aliphatic hydroxyl groups excluding tert-OH is 1. The minimum Gasteiger partial charge on any atom is -0.477 e. The van der Waals surface area contributed by atoms with Gasteiger partial charge >= 0.3 is 5.97 Å². The summed E-state index contributed by atoms with van der Waals surface area (Å²) in [6.07, 6.45) is -0.327. The largest absolute Gasteiger partial charge is 0.477 e. The Bertz CT molecular complexity index is 899. The molecule has 2 aromatic carbocycles. The van der Waals surface area contributed by atoms with E-state index < -0.39 is 18.0 Å². The number of amides is 1. The lowest BCUT2D eigenvalue weighted by Crippen LogP contribution is -2.61. The van der Waals surface area contributed by atoms with Crippen molar-refractivity contribution in [3.8, 4) is 11.1 Å². The molecule has 5 nitrogen and oxygen atoms in total. The molecule has 1 amide bonds. The first-order valence-corrected chi connectivity index (χ1v) is 8.62. The van der Waals surface area contributed by atoms with Gasteiger partial charge in [0.1, 0.15) is 5.70 Å². The Kier molecular flexibility index (Phi) is 3.89. The minimum atomic E-state index is -1.10. The number of fused-ring (bicyclic) bond motifs is 1. The second-order valence-corrected chi connectivity index (χ2v) is 6.82. The number of aliphatic carboxylic acids is 1. The number of hydrogen-bond donors (Lipinski definition) is 2. The number of carbonyl (C=O) groups is 2.